The lowest BCUT2D eigenvalue weighted by Gasteiger charge is -2.12. The van der Waals surface area contributed by atoms with Crippen LogP contribution in [0, 0.1) is 11.8 Å². The molecule has 6 nitrogen and oxygen atoms in total. The van der Waals surface area contributed by atoms with Gasteiger partial charge in [-0.1, -0.05) is 12.1 Å². The zero-order valence-corrected chi connectivity index (χ0v) is 10.8. The molecular weight excluding hydrogens is 234 g/mol. The number of rotatable bonds is 7. The van der Waals surface area contributed by atoms with Crippen LogP contribution < -0.4 is 0 Å². The first kappa shape index (κ1) is 13.0. The van der Waals surface area contributed by atoms with Gasteiger partial charge in [0.25, 0.3) is 0 Å². The molecule has 1 saturated carbocycles. The Kier molecular flexibility index (Phi) is 3.96. The largest absolute Gasteiger partial charge is 0.476 e. The second-order valence-corrected chi connectivity index (χ2v) is 5.08. The van der Waals surface area contributed by atoms with Crippen molar-refractivity contribution in [1.82, 2.24) is 15.0 Å². The highest BCUT2D eigenvalue weighted by atomic mass is 16.5. The Labute approximate surface area is 106 Å². The summed E-state index contributed by atoms with van der Waals surface area (Å²) in [6, 6.07) is 0. The Morgan fingerprint density at radius 3 is 2.89 bits per heavy atom. The number of ether oxygens (including phenoxy) is 1. The van der Waals surface area contributed by atoms with E-state index in [0.717, 1.165) is 12.1 Å². The number of carbonyl (C=O) groups is 1. The molecule has 0 bridgehead atoms. The maximum atomic E-state index is 11.1. The Morgan fingerprint density at radius 2 is 2.33 bits per heavy atom. The summed E-state index contributed by atoms with van der Waals surface area (Å²) in [5.74, 6) is -0.0920. The van der Waals surface area contributed by atoms with Crippen LogP contribution in [-0.4, -0.2) is 39.8 Å². The minimum atomic E-state index is -0.990. The van der Waals surface area contributed by atoms with Crippen molar-refractivity contribution in [2.75, 3.05) is 13.7 Å². The third-order valence-electron chi connectivity index (χ3n) is 3.15. The summed E-state index contributed by atoms with van der Waals surface area (Å²) in [6.45, 7) is 3.33. The van der Waals surface area contributed by atoms with Gasteiger partial charge in [-0.05, 0) is 31.1 Å². The number of hydrogen-bond donors (Lipinski definition) is 1. The monoisotopic (exact) mass is 253 g/mol. The van der Waals surface area contributed by atoms with E-state index in [9.17, 15) is 4.79 Å². The van der Waals surface area contributed by atoms with Crippen molar-refractivity contribution in [2.45, 2.75) is 32.7 Å². The Balaban J connectivity index is 2.14. The molecule has 0 spiro atoms. The molecule has 6 heteroatoms. The van der Waals surface area contributed by atoms with E-state index in [-0.39, 0.29) is 11.6 Å². The summed E-state index contributed by atoms with van der Waals surface area (Å²) in [6.07, 6.45) is 3.13. The van der Waals surface area contributed by atoms with Crippen LogP contribution in [0.25, 0.3) is 0 Å². The molecule has 1 unspecified atom stereocenters. The third-order valence-corrected chi connectivity index (χ3v) is 3.15. The minimum absolute atomic E-state index is 0.103. The fourth-order valence-electron chi connectivity index (χ4n) is 2.08. The summed E-state index contributed by atoms with van der Waals surface area (Å²) in [5, 5.41) is 16.9. The number of methoxy groups -OCH3 is 1. The van der Waals surface area contributed by atoms with Crippen LogP contribution >= 0.6 is 0 Å². The molecule has 1 aromatic rings. The molecule has 1 heterocycles. The van der Waals surface area contributed by atoms with Gasteiger partial charge < -0.3 is 9.84 Å². The van der Waals surface area contributed by atoms with Gasteiger partial charge >= 0.3 is 5.97 Å². The van der Waals surface area contributed by atoms with Crippen LogP contribution in [0.3, 0.4) is 0 Å². The van der Waals surface area contributed by atoms with Gasteiger partial charge in [0.2, 0.25) is 0 Å². The van der Waals surface area contributed by atoms with E-state index in [1.807, 2.05) is 6.92 Å². The summed E-state index contributed by atoms with van der Waals surface area (Å²) >= 11 is 0. The fraction of sp³-hybridized carbons (Fsp3) is 0.750. The van der Waals surface area contributed by atoms with Crippen LogP contribution in [0.5, 0.6) is 0 Å². The molecule has 0 radical (unpaired) electrons. The molecule has 1 aromatic heterocycles. The van der Waals surface area contributed by atoms with E-state index < -0.39 is 5.97 Å². The predicted octanol–water partition coefficient (Wildman–Crippen LogP) is 1.21. The first-order valence-electron chi connectivity index (χ1n) is 6.26. The van der Waals surface area contributed by atoms with Crippen molar-refractivity contribution in [1.29, 1.82) is 0 Å². The van der Waals surface area contributed by atoms with Gasteiger partial charge in [0, 0.05) is 13.7 Å². The summed E-state index contributed by atoms with van der Waals surface area (Å²) < 4.78 is 6.81. The second-order valence-electron chi connectivity index (χ2n) is 5.08. The zero-order chi connectivity index (χ0) is 13.1. The van der Waals surface area contributed by atoms with Crippen molar-refractivity contribution in [3.63, 3.8) is 0 Å². The summed E-state index contributed by atoms with van der Waals surface area (Å²) in [5.41, 5.74) is 0.861. The summed E-state index contributed by atoms with van der Waals surface area (Å²) in [4.78, 5) is 11.1. The van der Waals surface area contributed by atoms with E-state index in [0.29, 0.717) is 19.1 Å². The molecule has 100 valence electrons. The van der Waals surface area contributed by atoms with Gasteiger partial charge in [-0.15, -0.1) is 5.10 Å². The van der Waals surface area contributed by atoms with E-state index >= 15 is 0 Å². The van der Waals surface area contributed by atoms with Crippen LogP contribution in [0.4, 0.5) is 0 Å². The van der Waals surface area contributed by atoms with E-state index in [4.69, 9.17) is 9.84 Å². The van der Waals surface area contributed by atoms with Crippen molar-refractivity contribution in [2.24, 2.45) is 11.8 Å². The number of hydrogen-bond acceptors (Lipinski definition) is 4. The van der Waals surface area contributed by atoms with Crippen molar-refractivity contribution >= 4 is 5.97 Å². The second kappa shape index (κ2) is 5.48. The highest BCUT2D eigenvalue weighted by molar-refractivity contribution is 5.86. The Hall–Kier alpha value is -1.43. The van der Waals surface area contributed by atoms with Crippen LogP contribution in [0.15, 0.2) is 0 Å². The lowest BCUT2D eigenvalue weighted by atomic mass is 10.1. The maximum Gasteiger partial charge on any atom is 0.358 e. The highest BCUT2D eigenvalue weighted by Crippen LogP contribution is 2.33. The summed E-state index contributed by atoms with van der Waals surface area (Å²) in [7, 11) is 1.66. The fourth-order valence-corrected chi connectivity index (χ4v) is 2.08. The van der Waals surface area contributed by atoms with Crippen molar-refractivity contribution in [3.05, 3.63) is 11.4 Å². The van der Waals surface area contributed by atoms with E-state index in [1.165, 1.54) is 12.8 Å². The minimum Gasteiger partial charge on any atom is -0.476 e. The number of aromatic nitrogens is 3. The van der Waals surface area contributed by atoms with Crippen LogP contribution in [0.1, 0.15) is 35.9 Å². The first-order chi connectivity index (χ1) is 8.61. The van der Waals surface area contributed by atoms with E-state index in [1.54, 1.807) is 11.8 Å². The highest BCUT2D eigenvalue weighted by Gasteiger charge is 2.28. The van der Waals surface area contributed by atoms with Gasteiger partial charge in [0.05, 0.1) is 12.3 Å². The van der Waals surface area contributed by atoms with Gasteiger partial charge in [-0.2, -0.15) is 0 Å². The topological polar surface area (TPSA) is 77.2 Å². The standard InChI is InChI=1S/C12H19N3O3/c1-8(7-18-2)6-15-10(5-9-3-4-9)11(12(16)17)13-14-15/h8-9H,3-7H2,1-2H3,(H,16,17). The van der Waals surface area contributed by atoms with Crippen LogP contribution in [-0.2, 0) is 17.7 Å². The molecule has 0 amide bonds. The third kappa shape index (κ3) is 3.07. The molecule has 1 aliphatic rings. The van der Waals surface area contributed by atoms with E-state index in [2.05, 4.69) is 10.3 Å². The normalized spacial score (nSPS) is 16.8. The zero-order valence-electron chi connectivity index (χ0n) is 10.8. The molecule has 2 rings (SSSR count). The smallest absolute Gasteiger partial charge is 0.358 e. The lowest BCUT2D eigenvalue weighted by molar-refractivity contribution is 0.0689. The van der Waals surface area contributed by atoms with Crippen molar-refractivity contribution < 1.29 is 14.6 Å². The predicted molar refractivity (Wildman–Crippen MR) is 64.4 cm³/mol. The van der Waals surface area contributed by atoms with Gasteiger partial charge in [0.1, 0.15) is 0 Å². The lowest BCUT2D eigenvalue weighted by Crippen LogP contribution is -2.17. The molecule has 1 aliphatic carbocycles. The molecule has 0 aromatic carbocycles. The first-order valence-corrected chi connectivity index (χ1v) is 6.26. The molecule has 0 aliphatic heterocycles. The molecule has 1 fully saturated rings. The number of aromatic carboxylic acids is 1. The Bertz CT molecular complexity index is 426. The Morgan fingerprint density at radius 1 is 1.61 bits per heavy atom. The quantitative estimate of drug-likeness (QED) is 0.790. The molecule has 1 atom stereocenters. The van der Waals surface area contributed by atoms with Gasteiger partial charge in [-0.3, -0.25) is 0 Å². The maximum absolute atomic E-state index is 11.1. The van der Waals surface area contributed by atoms with Crippen molar-refractivity contribution in [3.8, 4) is 0 Å². The van der Waals surface area contributed by atoms with Crippen LogP contribution in [0.2, 0.25) is 0 Å². The number of nitrogens with zero attached hydrogens (tertiary/aromatic N) is 3. The molecular formula is C12H19N3O3. The van der Waals surface area contributed by atoms with Gasteiger partial charge in [-0.25, -0.2) is 9.48 Å². The molecule has 0 saturated heterocycles. The number of carboxylic acid groups (broad SMARTS) is 1. The average Bonchev–Trinajstić information content (AvgIpc) is 3.02. The number of carboxylic acids is 1. The molecule has 1 N–H and O–H groups in total. The molecule has 18 heavy (non-hydrogen) atoms. The SMILES string of the molecule is COCC(C)Cn1nnc(C(=O)O)c1CC1CC1. The average molecular weight is 253 g/mol. The van der Waals surface area contributed by atoms with Gasteiger partial charge in [0.15, 0.2) is 5.69 Å².